The summed E-state index contributed by atoms with van der Waals surface area (Å²) in [6.07, 6.45) is 8.42. The summed E-state index contributed by atoms with van der Waals surface area (Å²) in [4.78, 5) is 19.9. The summed E-state index contributed by atoms with van der Waals surface area (Å²) < 4.78 is 1.84. The van der Waals surface area contributed by atoms with Gasteiger partial charge in [0.1, 0.15) is 10.7 Å². The van der Waals surface area contributed by atoms with Crippen molar-refractivity contribution in [1.82, 2.24) is 19.7 Å². The summed E-state index contributed by atoms with van der Waals surface area (Å²) in [6.45, 7) is 5.13. The van der Waals surface area contributed by atoms with Crippen molar-refractivity contribution >= 4 is 17.2 Å². The third-order valence-electron chi connectivity index (χ3n) is 5.16. The van der Waals surface area contributed by atoms with E-state index in [1.54, 1.807) is 0 Å². The van der Waals surface area contributed by atoms with Crippen molar-refractivity contribution in [3.8, 4) is 16.3 Å². The molecule has 0 bridgehead atoms. The second kappa shape index (κ2) is 8.27. The van der Waals surface area contributed by atoms with Crippen LogP contribution in [0.5, 0.6) is 0 Å². The summed E-state index contributed by atoms with van der Waals surface area (Å²) >= 11 is 1.51. The van der Waals surface area contributed by atoms with E-state index in [4.69, 9.17) is 0 Å². The summed E-state index contributed by atoms with van der Waals surface area (Å²) in [7, 11) is 0. The Balaban J connectivity index is 1.55. The fourth-order valence-electron chi connectivity index (χ4n) is 3.81. The zero-order chi connectivity index (χ0) is 19.5. The van der Waals surface area contributed by atoms with Crippen LogP contribution in [0, 0.1) is 5.92 Å². The van der Waals surface area contributed by atoms with Gasteiger partial charge in [0.05, 0.1) is 11.9 Å². The van der Waals surface area contributed by atoms with Gasteiger partial charge in [-0.05, 0) is 30.9 Å². The van der Waals surface area contributed by atoms with Gasteiger partial charge in [-0.3, -0.25) is 4.79 Å². The van der Waals surface area contributed by atoms with Crippen LogP contribution in [-0.4, -0.2) is 38.2 Å². The number of benzene rings is 1. The van der Waals surface area contributed by atoms with Crippen molar-refractivity contribution in [2.45, 2.75) is 45.6 Å². The highest BCUT2D eigenvalue weighted by atomic mass is 32.1. The first-order chi connectivity index (χ1) is 13.6. The molecule has 1 amide bonds. The molecule has 1 fully saturated rings. The molecule has 0 aliphatic heterocycles. The van der Waals surface area contributed by atoms with E-state index < -0.39 is 0 Å². The maximum Gasteiger partial charge on any atom is 0.273 e. The van der Waals surface area contributed by atoms with Gasteiger partial charge in [0, 0.05) is 29.7 Å². The number of rotatable bonds is 6. The molecule has 0 radical (unpaired) electrons. The molecule has 1 aliphatic rings. The number of para-hydroxylation sites is 1. The SMILES string of the molecule is CC(C)CN(C(=O)c1csc(-c2cnn(-c3ccccc3)c2)n1)C1CCCC1. The molecule has 0 atom stereocenters. The lowest BCUT2D eigenvalue weighted by atomic mass is 10.1. The molecule has 3 aromatic rings. The van der Waals surface area contributed by atoms with Crippen LogP contribution in [0.1, 0.15) is 50.0 Å². The van der Waals surface area contributed by atoms with Crippen molar-refractivity contribution in [3.05, 3.63) is 53.8 Å². The van der Waals surface area contributed by atoms with Gasteiger partial charge >= 0.3 is 0 Å². The van der Waals surface area contributed by atoms with Crippen molar-refractivity contribution < 1.29 is 4.79 Å². The van der Waals surface area contributed by atoms with Crippen molar-refractivity contribution in [2.75, 3.05) is 6.54 Å². The highest BCUT2D eigenvalue weighted by Gasteiger charge is 2.29. The van der Waals surface area contributed by atoms with Gasteiger partial charge in [0.15, 0.2) is 0 Å². The molecule has 28 heavy (non-hydrogen) atoms. The van der Waals surface area contributed by atoms with E-state index in [-0.39, 0.29) is 5.91 Å². The number of carbonyl (C=O) groups excluding carboxylic acids is 1. The normalized spacial score (nSPS) is 14.7. The molecule has 0 N–H and O–H groups in total. The van der Waals surface area contributed by atoms with E-state index in [9.17, 15) is 4.79 Å². The Morgan fingerprint density at radius 2 is 2.00 bits per heavy atom. The quantitative estimate of drug-likeness (QED) is 0.589. The van der Waals surface area contributed by atoms with Gasteiger partial charge < -0.3 is 4.90 Å². The number of thiazole rings is 1. The average Bonchev–Trinajstić information content (AvgIpc) is 3.47. The van der Waals surface area contributed by atoms with E-state index in [1.165, 1.54) is 24.2 Å². The smallest absolute Gasteiger partial charge is 0.273 e. The number of aromatic nitrogens is 3. The molecule has 146 valence electrons. The Bertz CT molecular complexity index is 925. The van der Waals surface area contributed by atoms with Gasteiger partial charge in [0.25, 0.3) is 5.91 Å². The highest BCUT2D eigenvalue weighted by Crippen LogP contribution is 2.28. The summed E-state index contributed by atoms with van der Waals surface area (Å²) in [5.41, 5.74) is 2.50. The van der Waals surface area contributed by atoms with Crippen LogP contribution < -0.4 is 0 Å². The first kappa shape index (κ1) is 18.9. The summed E-state index contributed by atoms with van der Waals surface area (Å²) in [5, 5.41) is 7.17. The predicted octanol–water partition coefficient (Wildman–Crippen LogP) is 5.04. The predicted molar refractivity (Wildman–Crippen MR) is 113 cm³/mol. The molecule has 4 rings (SSSR count). The second-order valence-electron chi connectivity index (χ2n) is 7.84. The molecule has 0 unspecified atom stereocenters. The first-order valence-corrected chi connectivity index (χ1v) is 10.9. The Labute approximate surface area is 170 Å². The minimum Gasteiger partial charge on any atom is -0.334 e. The Kier molecular flexibility index (Phi) is 5.57. The second-order valence-corrected chi connectivity index (χ2v) is 8.69. The van der Waals surface area contributed by atoms with E-state index in [1.807, 2.05) is 52.8 Å². The van der Waals surface area contributed by atoms with Gasteiger partial charge in [-0.15, -0.1) is 11.3 Å². The maximum atomic E-state index is 13.2. The number of hydrogen-bond donors (Lipinski definition) is 0. The third kappa shape index (κ3) is 4.02. The van der Waals surface area contributed by atoms with E-state index >= 15 is 0 Å². The van der Waals surface area contributed by atoms with Crippen LogP contribution in [0.25, 0.3) is 16.3 Å². The van der Waals surface area contributed by atoms with Gasteiger partial charge in [-0.1, -0.05) is 44.9 Å². The van der Waals surface area contributed by atoms with Crippen LogP contribution in [-0.2, 0) is 0 Å². The molecule has 2 aromatic heterocycles. The standard InChI is InChI=1S/C22H26N4OS/c1-16(2)13-25(18-8-6-7-9-18)22(27)20-15-28-21(24-20)17-12-23-26(14-17)19-10-4-3-5-11-19/h3-5,10-12,14-16,18H,6-9,13H2,1-2H3. The molecular weight excluding hydrogens is 368 g/mol. The highest BCUT2D eigenvalue weighted by molar-refractivity contribution is 7.13. The average molecular weight is 395 g/mol. The van der Waals surface area contributed by atoms with Gasteiger partial charge in [0.2, 0.25) is 0 Å². The fraction of sp³-hybridized carbons (Fsp3) is 0.409. The number of hydrogen-bond acceptors (Lipinski definition) is 4. The zero-order valence-electron chi connectivity index (χ0n) is 16.4. The summed E-state index contributed by atoms with van der Waals surface area (Å²) in [5.74, 6) is 0.519. The minimum atomic E-state index is 0.0681. The van der Waals surface area contributed by atoms with Crippen LogP contribution >= 0.6 is 11.3 Å². The van der Waals surface area contributed by atoms with Gasteiger partial charge in [-0.2, -0.15) is 5.10 Å². The maximum absolute atomic E-state index is 13.2. The monoisotopic (exact) mass is 394 g/mol. The molecule has 0 spiro atoms. The lowest BCUT2D eigenvalue weighted by Crippen LogP contribution is -2.41. The lowest BCUT2D eigenvalue weighted by molar-refractivity contribution is 0.0650. The van der Waals surface area contributed by atoms with Crippen molar-refractivity contribution in [1.29, 1.82) is 0 Å². The molecule has 1 saturated carbocycles. The molecule has 1 aliphatic carbocycles. The van der Waals surface area contributed by atoms with E-state index in [0.29, 0.717) is 17.7 Å². The van der Waals surface area contributed by atoms with Crippen LogP contribution in [0.2, 0.25) is 0 Å². The Morgan fingerprint density at radius 1 is 1.25 bits per heavy atom. The molecule has 0 saturated heterocycles. The minimum absolute atomic E-state index is 0.0681. The number of carbonyl (C=O) groups is 1. The number of amides is 1. The van der Waals surface area contributed by atoms with E-state index in [0.717, 1.165) is 35.6 Å². The Hall–Kier alpha value is -2.47. The van der Waals surface area contributed by atoms with Crippen LogP contribution in [0.15, 0.2) is 48.1 Å². The molecule has 5 nitrogen and oxygen atoms in total. The Morgan fingerprint density at radius 3 is 2.71 bits per heavy atom. The third-order valence-corrected chi connectivity index (χ3v) is 6.05. The molecule has 2 heterocycles. The number of nitrogens with zero attached hydrogens (tertiary/aromatic N) is 4. The van der Waals surface area contributed by atoms with E-state index in [2.05, 4.69) is 28.8 Å². The largest absolute Gasteiger partial charge is 0.334 e. The van der Waals surface area contributed by atoms with Crippen molar-refractivity contribution in [3.63, 3.8) is 0 Å². The zero-order valence-corrected chi connectivity index (χ0v) is 17.2. The van der Waals surface area contributed by atoms with Crippen molar-refractivity contribution in [2.24, 2.45) is 5.92 Å². The van der Waals surface area contributed by atoms with Crippen LogP contribution in [0.4, 0.5) is 0 Å². The molecule has 1 aromatic carbocycles. The first-order valence-electron chi connectivity index (χ1n) is 9.99. The summed E-state index contributed by atoms with van der Waals surface area (Å²) in [6, 6.07) is 10.4. The van der Waals surface area contributed by atoms with Gasteiger partial charge in [-0.25, -0.2) is 9.67 Å². The molecular formula is C22H26N4OS. The van der Waals surface area contributed by atoms with Crippen LogP contribution in [0.3, 0.4) is 0 Å². The lowest BCUT2D eigenvalue weighted by Gasteiger charge is -2.30. The molecule has 6 heteroatoms. The topological polar surface area (TPSA) is 51.0 Å². The fourth-order valence-corrected chi connectivity index (χ4v) is 4.58.